The van der Waals surface area contributed by atoms with Gasteiger partial charge in [0, 0.05) is 23.2 Å². The van der Waals surface area contributed by atoms with Gasteiger partial charge in [0.15, 0.2) is 5.82 Å². The summed E-state index contributed by atoms with van der Waals surface area (Å²) in [6, 6.07) is 0. The molecule has 0 saturated heterocycles. The van der Waals surface area contributed by atoms with Gasteiger partial charge in [-0.1, -0.05) is 0 Å². The molecule has 2 aromatic heterocycles. The Balaban J connectivity index is 1.38. The second-order valence-corrected chi connectivity index (χ2v) is 8.70. The van der Waals surface area contributed by atoms with Gasteiger partial charge in [0.2, 0.25) is 0 Å². The maximum Gasteiger partial charge on any atom is 0.310 e. The van der Waals surface area contributed by atoms with Crippen LogP contribution in [-0.2, 0) is 10.2 Å². The van der Waals surface area contributed by atoms with Gasteiger partial charge in [0.1, 0.15) is 15.9 Å². The SMILES string of the molecule is Nc1nccn2c(C34C5C6C7(C(=O)O)C8C3C84C657)nc(Br)c12. The average Bonchev–Trinajstić information content (AvgIpc) is 3.34. The lowest BCUT2D eigenvalue weighted by Crippen LogP contribution is -2.66. The normalized spacial score (nSPS) is 61.3. The first-order valence-corrected chi connectivity index (χ1v) is 8.39. The Morgan fingerprint density at radius 2 is 2.05 bits per heavy atom. The van der Waals surface area contributed by atoms with Crippen molar-refractivity contribution in [2.45, 2.75) is 5.41 Å². The number of rotatable bonds is 2. The molecule has 2 spiro atoms. The highest BCUT2D eigenvalue weighted by Gasteiger charge is 3.40. The van der Waals surface area contributed by atoms with E-state index in [0.29, 0.717) is 34.9 Å². The molecule has 8 atom stereocenters. The van der Waals surface area contributed by atoms with Gasteiger partial charge in [-0.3, -0.25) is 9.20 Å². The smallest absolute Gasteiger partial charge is 0.310 e. The molecule has 0 amide bonds. The average molecular weight is 357 g/mol. The summed E-state index contributed by atoms with van der Waals surface area (Å²) in [6.07, 6.45) is 3.64. The lowest BCUT2D eigenvalue weighted by atomic mass is 9.40. The molecule has 22 heavy (non-hydrogen) atoms. The molecule has 7 heteroatoms. The van der Waals surface area contributed by atoms with Gasteiger partial charge in [-0.2, -0.15) is 0 Å². The summed E-state index contributed by atoms with van der Waals surface area (Å²) >= 11 is 3.52. The van der Waals surface area contributed by atoms with Crippen LogP contribution in [0.15, 0.2) is 17.0 Å². The lowest BCUT2D eigenvalue weighted by molar-refractivity contribution is -0.186. The molecule has 6 fully saturated rings. The number of nitrogens with zero attached hydrogens (tertiary/aromatic N) is 3. The highest BCUT2D eigenvalue weighted by molar-refractivity contribution is 9.10. The highest BCUT2D eigenvalue weighted by atomic mass is 79.9. The van der Waals surface area contributed by atoms with Crippen LogP contribution in [0, 0.1) is 39.9 Å². The van der Waals surface area contributed by atoms with Crippen LogP contribution in [0.5, 0.6) is 0 Å². The second kappa shape index (κ2) is 2.06. The third kappa shape index (κ3) is 0.447. The summed E-state index contributed by atoms with van der Waals surface area (Å²) in [5.41, 5.74) is 7.21. The molecule has 0 radical (unpaired) electrons. The van der Waals surface area contributed by atoms with Gasteiger partial charge in [-0.25, -0.2) is 9.97 Å². The fraction of sp³-hybridized carbons (Fsp3) is 0.533. The highest BCUT2D eigenvalue weighted by Crippen LogP contribution is 3.37. The molecule has 6 saturated carbocycles. The minimum Gasteiger partial charge on any atom is -0.481 e. The maximum atomic E-state index is 11.6. The number of aromatic nitrogens is 3. The zero-order valence-electron chi connectivity index (χ0n) is 11.1. The molecule has 0 aliphatic heterocycles. The number of hydrogen-bond acceptors (Lipinski definition) is 4. The van der Waals surface area contributed by atoms with Crippen molar-refractivity contribution in [1.29, 1.82) is 0 Å². The number of fused-ring (bicyclic) bond motifs is 7. The Bertz CT molecular complexity index is 1050. The zero-order chi connectivity index (χ0) is 14.6. The Morgan fingerprint density at radius 3 is 2.64 bits per heavy atom. The second-order valence-electron chi connectivity index (χ2n) is 7.95. The summed E-state index contributed by atoms with van der Waals surface area (Å²) in [5, 5.41) is 9.59. The van der Waals surface area contributed by atoms with Crippen LogP contribution in [0.2, 0.25) is 0 Å². The molecule has 0 aromatic carbocycles. The zero-order valence-corrected chi connectivity index (χ0v) is 12.7. The molecule has 6 aliphatic rings. The van der Waals surface area contributed by atoms with Crippen molar-refractivity contribution in [3.63, 3.8) is 0 Å². The predicted octanol–water partition coefficient (Wildman–Crippen LogP) is 0.902. The molecule has 6 nitrogen and oxygen atoms in total. The first-order valence-electron chi connectivity index (χ1n) is 7.60. The van der Waals surface area contributed by atoms with E-state index in [-0.39, 0.29) is 16.2 Å². The first kappa shape index (κ1) is 10.2. The van der Waals surface area contributed by atoms with Crippen molar-refractivity contribution < 1.29 is 9.90 Å². The molecular formula is C15H9BrN4O2. The van der Waals surface area contributed by atoms with Crippen LogP contribution in [0.4, 0.5) is 5.82 Å². The fourth-order valence-corrected chi connectivity index (χ4v) is 9.21. The van der Waals surface area contributed by atoms with E-state index in [9.17, 15) is 9.90 Å². The monoisotopic (exact) mass is 356 g/mol. The fourth-order valence-electron chi connectivity index (χ4n) is 8.65. The molecule has 8 rings (SSSR count). The summed E-state index contributed by atoms with van der Waals surface area (Å²) in [6.45, 7) is 0. The van der Waals surface area contributed by atoms with Crippen LogP contribution in [0.1, 0.15) is 5.82 Å². The van der Waals surface area contributed by atoms with Gasteiger partial charge in [0.25, 0.3) is 0 Å². The molecular weight excluding hydrogens is 348 g/mol. The summed E-state index contributed by atoms with van der Waals surface area (Å²) < 4.78 is 2.83. The quantitative estimate of drug-likeness (QED) is 0.833. The number of carbonyl (C=O) groups is 1. The van der Waals surface area contributed by atoms with Crippen molar-refractivity contribution in [3.8, 4) is 0 Å². The summed E-state index contributed by atoms with van der Waals surface area (Å²) in [4.78, 5) is 20.6. The van der Waals surface area contributed by atoms with Gasteiger partial charge in [-0.15, -0.1) is 0 Å². The van der Waals surface area contributed by atoms with Crippen molar-refractivity contribution >= 4 is 33.2 Å². The number of carboxylic acids is 1. The number of anilines is 1. The van der Waals surface area contributed by atoms with E-state index >= 15 is 0 Å². The van der Waals surface area contributed by atoms with E-state index in [1.54, 1.807) is 6.20 Å². The van der Waals surface area contributed by atoms with E-state index in [4.69, 9.17) is 10.7 Å². The van der Waals surface area contributed by atoms with E-state index < -0.39 is 5.97 Å². The molecule has 6 aliphatic carbocycles. The first-order chi connectivity index (χ1) is 10.6. The molecule has 2 aromatic rings. The van der Waals surface area contributed by atoms with Crippen LogP contribution in [0.25, 0.3) is 5.52 Å². The Morgan fingerprint density at radius 1 is 1.32 bits per heavy atom. The molecule has 0 bridgehead atoms. The Hall–Kier alpha value is -1.63. The third-order valence-electron chi connectivity index (χ3n) is 8.52. The van der Waals surface area contributed by atoms with Crippen molar-refractivity contribution in [2.24, 2.45) is 39.9 Å². The van der Waals surface area contributed by atoms with Crippen molar-refractivity contribution in [1.82, 2.24) is 14.4 Å². The lowest BCUT2D eigenvalue weighted by Gasteiger charge is -2.61. The number of hydrogen-bond donors (Lipinski definition) is 2. The Labute approximate surface area is 131 Å². The van der Waals surface area contributed by atoms with Gasteiger partial charge in [-0.05, 0) is 45.0 Å². The number of halogens is 1. The molecule has 3 N–H and O–H groups in total. The minimum atomic E-state index is -0.534. The number of carboxylic acid groups (broad SMARTS) is 1. The number of nitrogens with two attached hydrogens (primary N) is 1. The maximum absolute atomic E-state index is 11.6. The van der Waals surface area contributed by atoms with Gasteiger partial charge < -0.3 is 10.8 Å². The Kier molecular flexibility index (Phi) is 0.954. The minimum absolute atomic E-state index is 0.169. The molecule has 108 valence electrons. The van der Waals surface area contributed by atoms with Crippen molar-refractivity contribution in [3.05, 3.63) is 22.8 Å². The molecule has 2 heterocycles. The third-order valence-corrected chi connectivity index (χ3v) is 9.08. The standard InChI is InChI=1S/C15H9BrN4O2/c16-8-3-9(17)18-1-2-20(3)10(19-8)12-4-6-13(11(21)22)7-5(12)15(7,13)14(4,6)12/h1-2,4-7H,(H2,17,18)(H,21,22). The summed E-state index contributed by atoms with van der Waals surface area (Å²) in [7, 11) is 0. The van der Waals surface area contributed by atoms with Gasteiger partial charge in [0.05, 0.1) is 5.41 Å². The largest absolute Gasteiger partial charge is 0.481 e. The van der Waals surface area contributed by atoms with Crippen LogP contribution >= 0.6 is 15.9 Å². The summed E-state index contributed by atoms with van der Waals surface area (Å²) in [5.74, 6) is 3.06. The predicted molar refractivity (Wildman–Crippen MR) is 75.7 cm³/mol. The van der Waals surface area contributed by atoms with E-state index in [1.807, 2.05) is 6.20 Å². The molecule has 8 unspecified atom stereocenters. The number of aliphatic carboxylic acids is 1. The van der Waals surface area contributed by atoms with Crippen LogP contribution in [-0.4, -0.2) is 25.4 Å². The topological polar surface area (TPSA) is 93.5 Å². The van der Waals surface area contributed by atoms with Crippen molar-refractivity contribution in [2.75, 3.05) is 5.73 Å². The van der Waals surface area contributed by atoms with E-state index in [1.165, 1.54) is 0 Å². The number of imidazole rings is 1. The van der Waals surface area contributed by atoms with E-state index in [2.05, 4.69) is 25.3 Å². The number of nitrogen functional groups attached to an aromatic ring is 1. The van der Waals surface area contributed by atoms with E-state index in [0.717, 1.165) is 15.9 Å². The van der Waals surface area contributed by atoms with Gasteiger partial charge >= 0.3 is 5.97 Å². The van der Waals surface area contributed by atoms with Crippen LogP contribution in [0.3, 0.4) is 0 Å². The van der Waals surface area contributed by atoms with Crippen LogP contribution < -0.4 is 5.73 Å².